The highest BCUT2D eigenvalue weighted by Gasteiger charge is 2.31. The number of hydrogen-bond donors (Lipinski definition) is 1. The van der Waals surface area contributed by atoms with E-state index in [4.69, 9.17) is 9.47 Å². The maximum Gasteiger partial charge on any atom is 0.573 e. The number of nitrogens with one attached hydrogen (secondary N) is 1. The van der Waals surface area contributed by atoms with Crippen LogP contribution in [0.15, 0.2) is 60.7 Å². The quantitative estimate of drug-likeness (QED) is 0.394. The molecule has 34 heavy (non-hydrogen) atoms. The number of aryl methyl sites for hydroxylation is 1. The molecule has 6 nitrogen and oxygen atoms in total. The predicted molar refractivity (Wildman–Crippen MR) is 121 cm³/mol. The van der Waals surface area contributed by atoms with Crippen LogP contribution in [0.25, 0.3) is 0 Å². The summed E-state index contributed by atoms with van der Waals surface area (Å²) < 4.78 is 52.4. The van der Waals surface area contributed by atoms with Crippen molar-refractivity contribution in [2.75, 3.05) is 11.9 Å². The van der Waals surface area contributed by atoms with Crippen molar-refractivity contribution in [3.8, 4) is 17.2 Å². The van der Waals surface area contributed by atoms with Crippen molar-refractivity contribution >= 4 is 11.6 Å². The van der Waals surface area contributed by atoms with Crippen LogP contribution in [0.4, 0.5) is 18.9 Å². The molecule has 1 amide bonds. The number of anilines is 1. The Hall–Kier alpha value is -3.59. The first-order chi connectivity index (χ1) is 16.1. The second-order valence-corrected chi connectivity index (χ2v) is 7.51. The van der Waals surface area contributed by atoms with E-state index in [1.54, 1.807) is 43.3 Å². The van der Waals surface area contributed by atoms with Crippen molar-refractivity contribution in [3.63, 3.8) is 0 Å². The van der Waals surface area contributed by atoms with Crippen LogP contribution in [0.1, 0.15) is 35.6 Å². The first kappa shape index (κ1) is 25.0. The van der Waals surface area contributed by atoms with Crippen molar-refractivity contribution in [3.05, 3.63) is 77.6 Å². The number of aromatic nitrogens is 1. The van der Waals surface area contributed by atoms with Crippen LogP contribution in [0, 0.1) is 6.92 Å². The standard InChI is InChI=1S/C25H25F3N2O4/c1-4-32-16(2)13-19-11-12-23(17(3)29-19)24(31)30-18-7-5-8-20(14-18)33-21-9-6-10-22(15-21)34-25(26,27)28/h5-12,14-16H,4,13H2,1-3H3,(H,30,31). The van der Waals surface area contributed by atoms with Gasteiger partial charge in [0.2, 0.25) is 0 Å². The Morgan fingerprint density at radius 2 is 1.71 bits per heavy atom. The Labute approximate surface area is 195 Å². The molecule has 0 aliphatic carbocycles. The van der Waals surface area contributed by atoms with E-state index in [0.717, 1.165) is 11.8 Å². The van der Waals surface area contributed by atoms with Crippen LogP contribution in [0.2, 0.25) is 0 Å². The Morgan fingerprint density at radius 1 is 1.03 bits per heavy atom. The fourth-order valence-corrected chi connectivity index (χ4v) is 3.31. The third-order valence-electron chi connectivity index (χ3n) is 4.70. The average molecular weight is 474 g/mol. The van der Waals surface area contributed by atoms with Gasteiger partial charge in [0.1, 0.15) is 17.2 Å². The Balaban J connectivity index is 1.67. The highest BCUT2D eigenvalue weighted by atomic mass is 19.4. The molecule has 1 aromatic heterocycles. The number of carbonyl (C=O) groups is 1. The van der Waals surface area contributed by atoms with Crippen molar-refractivity contribution in [1.29, 1.82) is 0 Å². The van der Waals surface area contributed by atoms with E-state index in [2.05, 4.69) is 15.0 Å². The number of hydrogen-bond acceptors (Lipinski definition) is 5. The van der Waals surface area contributed by atoms with Crippen LogP contribution in [0.3, 0.4) is 0 Å². The molecule has 9 heteroatoms. The first-order valence-electron chi connectivity index (χ1n) is 10.7. The maximum atomic E-state index is 12.8. The smallest absolute Gasteiger partial charge is 0.457 e. The molecule has 180 valence electrons. The number of carbonyl (C=O) groups excluding carboxylic acids is 1. The summed E-state index contributed by atoms with van der Waals surface area (Å²) in [5, 5.41) is 2.79. The summed E-state index contributed by atoms with van der Waals surface area (Å²) in [5.41, 5.74) is 2.31. The largest absolute Gasteiger partial charge is 0.573 e. The SMILES string of the molecule is CCOC(C)Cc1ccc(C(=O)Nc2cccc(Oc3cccc(OC(F)(F)F)c3)c2)c(C)n1. The van der Waals surface area contributed by atoms with Gasteiger partial charge in [-0.15, -0.1) is 13.2 Å². The van der Waals surface area contributed by atoms with Crippen LogP contribution in [-0.4, -0.2) is 30.0 Å². The van der Waals surface area contributed by atoms with Crippen LogP contribution in [0.5, 0.6) is 17.2 Å². The van der Waals surface area contributed by atoms with Gasteiger partial charge in [-0.05, 0) is 57.2 Å². The van der Waals surface area contributed by atoms with Gasteiger partial charge in [-0.3, -0.25) is 9.78 Å². The van der Waals surface area contributed by atoms with E-state index in [1.807, 2.05) is 13.8 Å². The Bertz CT molecular complexity index is 1140. The molecule has 0 spiro atoms. The highest BCUT2D eigenvalue weighted by molar-refractivity contribution is 6.05. The van der Waals surface area contributed by atoms with E-state index in [0.29, 0.717) is 35.7 Å². The van der Waals surface area contributed by atoms with Crippen molar-refractivity contribution < 1.29 is 32.2 Å². The van der Waals surface area contributed by atoms with Gasteiger partial charge < -0.3 is 19.5 Å². The third kappa shape index (κ3) is 7.48. The van der Waals surface area contributed by atoms with Gasteiger partial charge in [-0.25, -0.2) is 0 Å². The molecule has 3 rings (SSSR count). The molecule has 0 saturated carbocycles. The molecule has 0 aliphatic rings. The molecular weight excluding hydrogens is 449 g/mol. The molecule has 1 unspecified atom stereocenters. The second-order valence-electron chi connectivity index (χ2n) is 7.51. The first-order valence-corrected chi connectivity index (χ1v) is 10.7. The zero-order chi connectivity index (χ0) is 24.7. The van der Waals surface area contributed by atoms with Crippen molar-refractivity contribution in [2.45, 2.75) is 39.7 Å². The number of alkyl halides is 3. The van der Waals surface area contributed by atoms with Crippen molar-refractivity contribution in [2.24, 2.45) is 0 Å². The van der Waals surface area contributed by atoms with Crippen LogP contribution < -0.4 is 14.8 Å². The molecule has 1 atom stereocenters. The highest BCUT2D eigenvalue weighted by Crippen LogP contribution is 2.30. The molecule has 0 saturated heterocycles. The average Bonchev–Trinajstić information content (AvgIpc) is 2.73. The lowest BCUT2D eigenvalue weighted by Gasteiger charge is -2.13. The number of benzene rings is 2. The zero-order valence-electron chi connectivity index (χ0n) is 19.0. The van der Waals surface area contributed by atoms with Crippen LogP contribution in [-0.2, 0) is 11.2 Å². The van der Waals surface area contributed by atoms with Gasteiger partial charge in [-0.2, -0.15) is 0 Å². The fraction of sp³-hybridized carbons (Fsp3) is 0.280. The van der Waals surface area contributed by atoms with Gasteiger partial charge in [0.25, 0.3) is 5.91 Å². The minimum Gasteiger partial charge on any atom is -0.457 e. The molecule has 0 bridgehead atoms. The van der Waals surface area contributed by atoms with Gasteiger partial charge in [0, 0.05) is 36.5 Å². The monoisotopic (exact) mass is 474 g/mol. The number of amides is 1. The van der Waals surface area contributed by atoms with Gasteiger partial charge in [-0.1, -0.05) is 12.1 Å². The minimum absolute atomic E-state index is 0.0278. The number of rotatable bonds is 9. The number of ether oxygens (including phenoxy) is 3. The number of halogens is 3. The molecule has 0 radical (unpaired) electrons. The lowest BCUT2D eigenvalue weighted by atomic mass is 10.1. The molecular formula is C25H25F3N2O4. The Morgan fingerprint density at radius 3 is 2.38 bits per heavy atom. The number of pyridine rings is 1. The molecule has 0 aliphatic heterocycles. The normalized spacial score (nSPS) is 12.2. The van der Waals surface area contributed by atoms with Gasteiger partial charge in [0.05, 0.1) is 17.4 Å². The van der Waals surface area contributed by atoms with Crippen molar-refractivity contribution in [1.82, 2.24) is 4.98 Å². The molecule has 2 aromatic carbocycles. The zero-order valence-corrected chi connectivity index (χ0v) is 19.0. The third-order valence-corrected chi connectivity index (χ3v) is 4.70. The summed E-state index contributed by atoms with van der Waals surface area (Å²) in [6.45, 7) is 6.29. The lowest BCUT2D eigenvalue weighted by Crippen LogP contribution is -2.17. The molecule has 3 aromatic rings. The summed E-state index contributed by atoms with van der Waals surface area (Å²) in [4.78, 5) is 17.3. The summed E-state index contributed by atoms with van der Waals surface area (Å²) in [7, 11) is 0. The topological polar surface area (TPSA) is 69.7 Å². The van der Waals surface area contributed by atoms with Gasteiger partial charge >= 0.3 is 6.36 Å². The summed E-state index contributed by atoms with van der Waals surface area (Å²) >= 11 is 0. The van der Waals surface area contributed by atoms with Crippen LogP contribution >= 0.6 is 0 Å². The Kier molecular flexibility index (Phi) is 8.12. The summed E-state index contributed by atoms with van der Waals surface area (Å²) in [6, 6.07) is 15.2. The molecule has 0 fully saturated rings. The van der Waals surface area contributed by atoms with Gasteiger partial charge in [0.15, 0.2) is 0 Å². The second kappa shape index (κ2) is 11.0. The van der Waals surface area contributed by atoms with E-state index >= 15 is 0 Å². The number of nitrogens with zero attached hydrogens (tertiary/aromatic N) is 1. The summed E-state index contributed by atoms with van der Waals surface area (Å²) in [6.07, 6.45) is -4.12. The predicted octanol–water partition coefficient (Wildman–Crippen LogP) is 6.30. The fourth-order valence-electron chi connectivity index (χ4n) is 3.31. The lowest BCUT2D eigenvalue weighted by molar-refractivity contribution is -0.274. The molecule has 1 N–H and O–H groups in total. The van der Waals surface area contributed by atoms with E-state index < -0.39 is 12.1 Å². The molecule has 1 heterocycles. The van der Waals surface area contributed by atoms with E-state index in [1.165, 1.54) is 18.2 Å². The van der Waals surface area contributed by atoms with E-state index in [9.17, 15) is 18.0 Å². The summed E-state index contributed by atoms with van der Waals surface area (Å²) in [5.74, 6) is -0.247. The minimum atomic E-state index is -4.80. The van der Waals surface area contributed by atoms with E-state index in [-0.39, 0.29) is 17.8 Å². The maximum absolute atomic E-state index is 12.8.